The Balaban J connectivity index is 2.14. The molecule has 2 rings (SSSR count). The zero-order valence-electron chi connectivity index (χ0n) is 9.21. The molecular formula is C11H12N4O. The number of aryl methyl sites for hydroxylation is 2. The van der Waals surface area contributed by atoms with Crippen LogP contribution in [0.25, 0.3) is 0 Å². The van der Waals surface area contributed by atoms with E-state index in [-0.39, 0.29) is 12.2 Å². The van der Waals surface area contributed by atoms with Gasteiger partial charge in [-0.3, -0.25) is 4.79 Å². The van der Waals surface area contributed by atoms with Crippen molar-refractivity contribution in [2.24, 2.45) is 7.05 Å². The molecule has 1 aromatic heterocycles. The number of aromatic nitrogens is 4. The van der Waals surface area contributed by atoms with E-state index in [0.717, 1.165) is 5.56 Å². The van der Waals surface area contributed by atoms with Gasteiger partial charge in [-0.05, 0) is 18.2 Å². The minimum Gasteiger partial charge on any atom is -0.294 e. The Bertz CT molecular complexity index is 518. The number of hydrogen-bond acceptors (Lipinski definition) is 4. The Morgan fingerprint density at radius 3 is 2.88 bits per heavy atom. The molecule has 0 saturated carbocycles. The molecule has 0 saturated heterocycles. The van der Waals surface area contributed by atoms with Crippen molar-refractivity contribution in [2.75, 3.05) is 0 Å². The summed E-state index contributed by atoms with van der Waals surface area (Å²) in [6.45, 7) is 1.96. The van der Waals surface area contributed by atoms with Crippen LogP contribution < -0.4 is 0 Å². The number of nitrogens with zero attached hydrogens (tertiary/aromatic N) is 4. The molecule has 0 aliphatic rings. The number of ketones is 1. The summed E-state index contributed by atoms with van der Waals surface area (Å²) in [6.07, 6.45) is 0.192. The van der Waals surface area contributed by atoms with Crippen LogP contribution in [0.5, 0.6) is 0 Å². The van der Waals surface area contributed by atoms with Gasteiger partial charge in [0.1, 0.15) is 0 Å². The van der Waals surface area contributed by atoms with Crippen LogP contribution in [0.2, 0.25) is 0 Å². The van der Waals surface area contributed by atoms with E-state index in [4.69, 9.17) is 0 Å². The van der Waals surface area contributed by atoms with Crippen LogP contribution >= 0.6 is 0 Å². The molecule has 0 spiro atoms. The predicted octanol–water partition coefficient (Wildman–Crippen LogP) is 0.944. The lowest BCUT2D eigenvalue weighted by Gasteiger charge is -1.99. The Morgan fingerprint density at radius 2 is 2.25 bits per heavy atom. The summed E-state index contributed by atoms with van der Waals surface area (Å²) >= 11 is 0. The second-order valence-electron chi connectivity index (χ2n) is 3.66. The first kappa shape index (κ1) is 10.5. The summed E-state index contributed by atoms with van der Waals surface area (Å²) < 4.78 is 0. The van der Waals surface area contributed by atoms with Crippen LogP contribution in [0.4, 0.5) is 0 Å². The van der Waals surface area contributed by atoms with Gasteiger partial charge in [0.05, 0.1) is 13.5 Å². The van der Waals surface area contributed by atoms with Crippen LogP contribution in [0.1, 0.15) is 21.7 Å². The second-order valence-corrected chi connectivity index (χ2v) is 3.66. The maximum absolute atomic E-state index is 11.9. The summed E-state index contributed by atoms with van der Waals surface area (Å²) in [6, 6.07) is 7.48. The predicted molar refractivity (Wildman–Crippen MR) is 58.0 cm³/mol. The van der Waals surface area contributed by atoms with Gasteiger partial charge in [-0.2, -0.15) is 4.80 Å². The molecule has 0 aliphatic carbocycles. The SMILES string of the molecule is Cc1cccc(C(=O)Cc2nnn(C)n2)c1. The highest BCUT2D eigenvalue weighted by Gasteiger charge is 2.10. The van der Waals surface area contributed by atoms with E-state index in [0.29, 0.717) is 11.4 Å². The average molecular weight is 216 g/mol. The number of tetrazole rings is 1. The van der Waals surface area contributed by atoms with Gasteiger partial charge in [0.15, 0.2) is 11.6 Å². The zero-order valence-corrected chi connectivity index (χ0v) is 9.21. The number of carbonyl (C=O) groups is 1. The summed E-state index contributed by atoms with van der Waals surface area (Å²) in [5, 5.41) is 11.4. The maximum Gasteiger partial charge on any atom is 0.182 e. The molecule has 2 aromatic rings. The molecule has 0 unspecified atom stereocenters. The first-order chi connectivity index (χ1) is 7.65. The van der Waals surface area contributed by atoms with E-state index < -0.39 is 0 Å². The van der Waals surface area contributed by atoms with Gasteiger partial charge in [0.2, 0.25) is 0 Å². The zero-order chi connectivity index (χ0) is 11.5. The minimum absolute atomic E-state index is 0.0108. The van der Waals surface area contributed by atoms with E-state index in [1.807, 2.05) is 25.1 Å². The largest absolute Gasteiger partial charge is 0.294 e. The molecule has 0 atom stereocenters. The Labute approximate surface area is 93.1 Å². The Kier molecular flexibility index (Phi) is 2.76. The van der Waals surface area contributed by atoms with E-state index in [1.165, 1.54) is 4.80 Å². The monoisotopic (exact) mass is 216 g/mol. The van der Waals surface area contributed by atoms with Crippen molar-refractivity contribution in [2.45, 2.75) is 13.3 Å². The first-order valence-corrected chi connectivity index (χ1v) is 4.98. The lowest BCUT2D eigenvalue weighted by molar-refractivity contribution is 0.0990. The highest BCUT2D eigenvalue weighted by Crippen LogP contribution is 2.06. The standard InChI is InChI=1S/C11H12N4O/c1-8-4-3-5-9(6-8)10(16)7-11-12-14-15(2)13-11/h3-6H,7H2,1-2H3. The van der Waals surface area contributed by atoms with E-state index in [2.05, 4.69) is 15.4 Å². The van der Waals surface area contributed by atoms with Crippen LogP contribution in [-0.4, -0.2) is 26.0 Å². The third-order valence-electron chi connectivity index (χ3n) is 2.21. The molecule has 0 fully saturated rings. The smallest absolute Gasteiger partial charge is 0.182 e. The molecule has 0 amide bonds. The van der Waals surface area contributed by atoms with E-state index in [9.17, 15) is 4.79 Å². The van der Waals surface area contributed by atoms with Crippen molar-refractivity contribution in [1.82, 2.24) is 20.2 Å². The van der Waals surface area contributed by atoms with Crippen molar-refractivity contribution in [3.05, 3.63) is 41.2 Å². The maximum atomic E-state index is 11.9. The average Bonchev–Trinajstić information content (AvgIpc) is 2.64. The molecule has 0 N–H and O–H groups in total. The highest BCUT2D eigenvalue weighted by atomic mass is 16.1. The fourth-order valence-corrected chi connectivity index (χ4v) is 1.46. The lowest BCUT2D eigenvalue weighted by atomic mass is 10.1. The fourth-order valence-electron chi connectivity index (χ4n) is 1.46. The van der Waals surface area contributed by atoms with Gasteiger partial charge in [0, 0.05) is 5.56 Å². The van der Waals surface area contributed by atoms with E-state index >= 15 is 0 Å². The van der Waals surface area contributed by atoms with Crippen LogP contribution in [0.15, 0.2) is 24.3 Å². The number of carbonyl (C=O) groups excluding carboxylic acids is 1. The van der Waals surface area contributed by atoms with Crippen molar-refractivity contribution >= 4 is 5.78 Å². The molecule has 5 nitrogen and oxygen atoms in total. The normalized spacial score (nSPS) is 10.4. The summed E-state index contributed by atoms with van der Waals surface area (Å²) in [5.41, 5.74) is 1.76. The van der Waals surface area contributed by atoms with Gasteiger partial charge in [-0.25, -0.2) is 0 Å². The van der Waals surface area contributed by atoms with Crippen LogP contribution in [-0.2, 0) is 13.5 Å². The van der Waals surface area contributed by atoms with Gasteiger partial charge in [0.25, 0.3) is 0 Å². The molecule has 0 bridgehead atoms. The number of Topliss-reactive ketones (excluding diaryl/α,β-unsaturated/α-hetero) is 1. The van der Waals surface area contributed by atoms with Gasteiger partial charge in [-0.15, -0.1) is 10.2 Å². The van der Waals surface area contributed by atoms with Crippen molar-refractivity contribution in [1.29, 1.82) is 0 Å². The fraction of sp³-hybridized carbons (Fsp3) is 0.273. The molecule has 1 aromatic carbocycles. The third kappa shape index (κ3) is 2.31. The van der Waals surface area contributed by atoms with Crippen LogP contribution in [0.3, 0.4) is 0 Å². The number of hydrogen-bond donors (Lipinski definition) is 0. The Morgan fingerprint density at radius 1 is 1.44 bits per heavy atom. The first-order valence-electron chi connectivity index (χ1n) is 4.98. The van der Waals surface area contributed by atoms with Gasteiger partial charge in [-0.1, -0.05) is 23.8 Å². The molecule has 82 valence electrons. The molecule has 5 heteroatoms. The minimum atomic E-state index is 0.0108. The topological polar surface area (TPSA) is 60.7 Å². The number of rotatable bonds is 3. The summed E-state index contributed by atoms with van der Waals surface area (Å²) in [4.78, 5) is 13.2. The lowest BCUT2D eigenvalue weighted by Crippen LogP contribution is -2.05. The molecule has 0 aliphatic heterocycles. The molecule has 16 heavy (non-hydrogen) atoms. The number of benzene rings is 1. The molecule has 0 radical (unpaired) electrons. The van der Waals surface area contributed by atoms with Gasteiger partial charge < -0.3 is 0 Å². The van der Waals surface area contributed by atoms with Crippen molar-refractivity contribution in [3.8, 4) is 0 Å². The molecular weight excluding hydrogens is 204 g/mol. The van der Waals surface area contributed by atoms with Crippen molar-refractivity contribution < 1.29 is 4.79 Å². The quantitative estimate of drug-likeness (QED) is 0.716. The van der Waals surface area contributed by atoms with Crippen LogP contribution in [0, 0.1) is 6.92 Å². The highest BCUT2D eigenvalue weighted by molar-refractivity contribution is 5.97. The Hall–Kier alpha value is -2.04. The van der Waals surface area contributed by atoms with E-state index in [1.54, 1.807) is 13.1 Å². The second kappa shape index (κ2) is 4.22. The summed E-state index contributed by atoms with van der Waals surface area (Å²) in [5.74, 6) is 0.464. The molecule has 1 heterocycles. The summed E-state index contributed by atoms with van der Waals surface area (Å²) in [7, 11) is 1.67. The van der Waals surface area contributed by atoms with Gasteiger partial charge >= 0.3 is 0 Å². The van der Waals surface area contributed by atoms with Crippen molar-refractivity contribution in [3.63, 3.8) is 0 Å². The third-order valence-corrected chi connectivity index (χ3v) is 2.21.